The maximum absolute atomic E-state index is 12.8. The fourth-order valence-electron chi connectivity index (χ4n) is 3.87. The van der Waals surface area contributed by atoms with E-state index in [1.165, 1.54) is 11.3 Å². The summed E-state index contributed by atoms with van der Waals surface area (Å²) in [6.45, 7) is 5.54. The Morgan fingerprint density at radius 1 is 1.03 bits per heavy atom. The first-order chi connectivity index (χ1) is 16.0. The van der Waals surface area contributed by atoms with Crippen molar-refractivity contribution < 1.29 is 14.3 Å². The van der Waals surface area contributed by atoms with Gasteiger partial charge in [0, 0.05) is 47.8 Å². The number of piperazine rings is 1. The van der Waals surface area contributed by atoms with Gasteiger partial charge in [-0.15, -0.1) is 11.3 Å². The van der Waals surface area contributed by atoms with Crippen LogP contribution in [-0.2, 0) is 9.53 Å². The minimum Gasteiger partial charge on any atom is -0.462 e. The lowest BCUT2D eigenvalue weighted by Gasteiger charge is -2.35. The van der Waals surface area contributed by atoms with E-state index in [1.807, 2.05) is 60.0 Å². The van der Waals surface area contributed by atoms with Gasteiger partial charge in [0.1, 0.15) is 10.6 Å². The molecule has 8 heteroatoms. The Hall–Kier alpha value is -2.87. The van der Waals surface area contributed by atoms with Crippen LogP contribution in [0.4, 0.5) is 10.7 Å². The molecule has 2 aromatic carbocycles. The zero-order chi connectivity index (χ0) is 23.2. The van der Waals surface area contributed by atoms with E-state index < -0.39 is 5.97 Å². The lowest BCUT2D eigenvalue weighted by molar-refractivity contribution is -0.117. The molecule has 1 aliphatic heterocycles. The monoisotopic (exact) mass is 483 g/mol. The minimum atomic E-state index is -0.426. The molecular formula is C25H26ClN3O3S. The van der Waals surface area contributed by atoms with Gasteiger partial charge in [-0.25, -0.2) is 4.79 Å². The van der Waals surface area contributed by atoms with Gasteiger partial charge in [-0.05, 0) is 36.8 Å². The molecule has 1 aromatic heterocycles. The van der Waals surface area contributed by atoms with Crippen molar-refractivity contribution in [3.8, 4) is 11.1 Å². The summed E-state index contributed by atoms with van der Waals surface area (Å²) in [4.78, 5) is 29.9. The van der Waals surface area contributed by atoms with Crippen molar-refractivity contribution in [2.75, 3.05) is 49.5 Å². The molecule has 2 heterocycles. The van der Waals surface area contributed by atoms with Crippen molar-refractivity contribution >= 4 is 45.5 Å². The van der Waals surface area contributed by atoms with Crippen molar-refractivity contribution in [1.29, 1.82) is 0 Å². The van der Waals surface area contributed by atoms with Gasteiger partial charge in [0.25, 0.3) is 0 Å². The van der Waals surface area contributed by atoms with Crippen molar-refractivity contribution in [2.45, 2.75) is 6.92 Å². The normalized spacial score (nSPS) is 14.2. The number of esters is 1. The highest BCUT2D eigenvalue weighted by Crippen LogP contribution is 2.36. The van der Waals surface area contributed by atoms with E-state index in [0.717, 1.165) is 48.0 Å². The number of hydrogen-bond donors (Lipinski definition) is 1. The first-order valence-electron chi connectivity index (χ1n) is 10.9. The number of benzene rings is 2. The third-order valence-electron chi connectivity index (χ3n) is 5.54. The van der Waals surface area contributed by atoms with Crippen LogP contribution >= 0.6 is 22.9 Å². The summed E-state index contributed by atoms with van der Waals surface area (Å²) in [5, 5.41) is 6.08. The quantitative estimate of drug-likeness (QED) is 0.479. The number of ether oxygens (including phenoxy) is 1. The number of rotatable bonds is 7. The fraction of sp³-hybridized carbons (Fsp3) is 0.280. The predicted molar refractivity (Wildman–Crippen MR) is 134 cm³/mol. The molecule has 1 saturated heterocycles. The maximum Gasteiger partial charge on any atom is 0.341 e. The second-order valence-electron chi connectivity index (χ2n) is 7.73. The lowest BCUT2D eigenvalue weighted by Crippen LogP contribution is -2.48. The average Bonchev–Trinajstić information content (AvgIpc) is 3.24. The molecule has 0 aliphatic carbocycles. The zero-order valence-electron chi connectivity index (χ0n) is 18.4. The fourth-order valence-corrected chi connectivity index (χ4v) is 4.97. The van der Waals surface area contributed by atoms with Crippen LogP contribution < -0.4 is 10.2 Å². The van der Waals surface area contributed by atoms with Gasteiger partial charge in [-0.3, -0.25) is 9.69 Å². The van der Waals surface area contributed by atoms with Crippen molar-refractivity contribution in [3.63, 3.8) is 0 Å². The van der Waals surface area contributed by atoms with Crippen LogP contribution in [0.1, 0.15) is 17.3 Å². The molecule has 0 bridgehead atoms. The van der Waals surface area contributed by atoms with E-state index in [-0.39, 0.29) is 19.1 Å². The number of nitrogens with one attached hydrogen (secondary N) is 1. The number of anilines is 2. The highest BCUT2D eigenvalue weighted by molar-refractivity contribution is 7.15. The molecule has 172 valence electrons. The topological polar surface area (TPSA) is 61.9 Å². The molecule has 0 atom stereocenters. The molecule has 0 saturated carbocycles. The number of hydrogen-bond acceptors (Lipinski definition) is 6. The molecule has 0 spiro atoms. The van der Waals surface area contributed by atoms with Crippen LogP contribution in [-0.4, -0.2) is 56.1 Å². The van der Waals surface area contributed by atoms with Crippen LogP contribution in [0.5, 0.6) is 0 Å². The van der Waals surface area contributed by atoms with Crippen molar-refractivity contribution in [2.24, 2.45) is 0 Å². The van der Waals surface area contributed by atoms with Crippen molar-refractivity contribution in [3.05, 3.63) is 70.6 Å². The Morgan fingerprint density at radius 3 is 2.39 bits per heavy atom. The molecule has 33 heavy (non-hydrogen) atoms. The lowest BCUT2D eigenvalue weighted by atomic mass is 10.0. The predicted octanol–water partition coefficient (Wildman–Crippen LogP) is 5.01. The molecule has 0 radical (unpaired) electrons. The maximum atomic E-state index is 12.8. The number of halogens is 1. The molecule has 1 fully saturated rings. The highest BCUT2D eigenvalue weighted by Gasteiger charge is 2.24. The van der Waals surface area contributed by atoms with Crippen LogP contribution in [0.3, 0.4) is 0 Å². The van der Waals surface area contributed by atoms with Crippen LogP contribution in [0.2, 0.25) is 5.02 Å². The van der Waals surface area contributed by atoms with E-state index in [4.69, 9.17) is 16.3 Å². The SMILES string of the molecule is CCOC(=O)c1c(-c2ccccc2)csc1NC(=O)CN1CCN(c2ccc(Cl)cc2)CC1. The molecule has 1 N–H and O–H groups in total. The van der Waals surface area contributed by atoms with E-state index >= 15 is 0 Å². The van der Waals surface area contributed by atoms with Crippen LogP contribution in [0.15, 0.2) is 60.0 Å². The van der Waals surface area contributed by atoms with Gasteiger partial charge < -0.3 is 15.0 Å². The largest absolute Gasteiger partial charge is 0.462 e. The third-order valence-corrected chi connectivity index (χ3v) is 6.69. The van der Waals surface area contributed by atoms with Gasteiger partial charge in [-0.2, -0.15) is 0 Å². The summed E-state index contributed by atoms with van der Waals surface area (Å²) in [6, 6.07) is 17.5. The van der Waals surface area contributed by atoms with E-state index in [1.54, 1.807) is 6.92 Å². The van der Waals surface area contributed by atoms with Crippen LogP contribution in [0, 0.1) is 0 Å². The van der Waals surface area contributed by atoms with Gasteiger partial charge in [0.2, 0.25) is 5.91 Å². The number of carbonyl (C=O) groups is 2. The summed E-state index contributed by atoms with van der Waals surface area (Å²) in [5.41, 5.74) is 3.23. The summed E-state index contributed by atoms with van der Waals surface area (Å²) < 4.78 is 5.27. The Balaban J connectivity index is 1.40. The molecular weight excluding hydrogens is 458 g/mol. The average molecular weight is 484 g/mol. The molecule has 3 aromatic rings. The van der Waals surface area contributed by atoms with Gasteiger partial charge >= 0.3 is 5.97 Å². The first kappa shape index (κ1) is 23.3. The van der Waals surface area contributed by atoms with Gasteiger partial charge in [-0.1, -0.05) is 41.9 Å². The highest BCUT2D eigenvalue weighted by atomic mass is 35.5. The molecule has 1 amide bonds. The molecule has 0 unspecified atom stereocenters. The van der Waals surface area contributed by atoms with E-state index in [0.29, 0.717) is 10.6 Å². The van der Waals surface area contributed by atoms with Gasteiger partial charge in [0.15, 0.2) is 0 Å². The number of carbonyl (C=O) groups excluding carboxylic acids is 2. The minimum absolute atomic E-state index is 0.137. The van der Waals surface area contributed by atoms with E-state index in [2.05, 4.69) is 15.1 Å². The molecule has 1 aliphatic rings. The summed E-state index contributed by atoms with van der Waals surface area (Å²) in [6.07, 6.45) is 0. The second kappa shape index (κ2) is 10.8. The van der Waals surface area contributed by atoms with Crippen molar-refractivity contribution in [1.82, 2.24) is 4.90 Å². The third kappa shape index (κ3) is 5.74. The smallest absolute Gasteiger partial charge is 0.341 e. The van der Waals surface area contributed by atoms with Crippen LogP contribution in [0.25, 0.3) is 11.1 Å². The standard InChI is InChI=1S/C25H26ClN3O3S/c1-2-32-25(31)23-21(18-6-4-3-5-7-18)17-33-24(23)27-22(30)16-28-12-14-29(15-13-28)20-10-8-19(26)9-11-20/h3-11,17H,2,12-16H2,1H3,(H,27,30). The Morgan fingerprint density at radius 2 is 1.73 bits per heavy atom. The molecule has 6 nitrogen and oxygen atoms in total. The number of amides is 1. The summed E-state index contributed by atoms with van der Waals surface area (Å²) in [7, 11) is 0. The Kier molecular flexibility index (Phi) is 7.65. The number of nitrogens with zero attached hydrogens (tertiary/aromatic N) is 2. The second-order valence-corrected chi connectivity index (χ2v) is 9.04. The first-order valence-corrected chi connectivity index (χ1v) is 12.2. The Bertz CT molecular complexity index is 1090. The van der Waals surface area contributed by atoms with E-state index in [9.17, 15) is 9.59 Å². The Labute approximate surface area is 202 Å². The zero-order valence-corrected chi connectivity index (χ0v) is 20.0. The molecule has 4 rings (SSSR count). The number of thiophene rings is 1. The summed E-state index contributed by atoms with van der Waals surface area (Å²) >= 11 is 7.33. The van der Waals surface area contributed by atoms with Gasteiger partial charge in [0.05, 0.1) is 13.2 Å². The summed E-state index contributed by atoms with van der Waals surface area (Å²) in [5.74, 6) is -0.563.